The Balaban J connectivity index is 2.19. The number of halogens is 1. The van der Waals surface area contributed by atoms with Crippen molar-refractivity contribution in [2.24, 2.45) is 7.05 Å². The molecule has 0 radical (unpaired) electrons. The number of nitrogens with zero attached hydrogens (tertiary/aromatic N) is 2. The van der Waals surface area contributed by atoms with Crippen molar-refractivity contribution in [3.63, 3.8) is 0 Å². The number of ether oxygens (including phenoxy) is 1. The Bertz CT molecular complexity index is 537. The zero-order chi connectivity index (χ0) is 12.3. The van der Waals surface area contributed by atoms with Crippen molar-refractivity contribution in [2.45, 2.75) is 6.61 Å². The summed E-state index contributed by atoms with van der Waals surface area (Å²) in [6.45, 7) is 0.165. The van der Waals surface area contributed by atoms with Gasteiger partial charge in [0.2, 0.25) is 0 Å². The van der Waals surface area contributed by atoms with Gasteiger partial charge in [0, 0.05) is 7.05 Å². The molecule has 1 aromatic carbocycles. The number of para-hydroxylation sites is 1. The van der Waals surface area contributed by atoms with Crippen molar-refractivity contribution in [1.82, 2.24) is 9.55 Å². The summed E-state index contributed by atoms with van der Waals surface area (Å²) in [4.78, 5) is 14.7. The third kappa shape index (κ3) is 2.33. The van der Waals surface area contributed by atoms with Gasteiger partial charge in [0.1, 0.15) is 6.61 Å². The van der Waals surface area contributed by atoms with E-state index >= 15 is 0 Å². The van der Waals surface area contributed by atoms with Crippen LogP contribution in [0.1, 0.15) is 16.1 Å². The lowest BCUT2D eigenvalue weighted by Gasteiger charge is -2.09. The lowest BCUT2D eigenvalue weighted by Crippen LogP contribution is -2.04. The minimum atomic E-state index is -0.545. The number of carbonyl (C=O) groups is 1. The molecule has 0 N–H and O–H groups in total. The number of hydrogen-bond donors (Lipinski definition) is 0. The van der Waals surface area contributed by atoms with Gasteiger partial charge >= 0.3 is 0 Å². The van der Waals surface area contributed by atoms with Crippen LogP contribution in [0.25, 0.3) is 0 Å². The summed E-state index contributed by atoms with van der Waals surface area (Å²) in [5.74, 6) is -0.569. The van der Waals surface area contributed by atoms with Crippen LogP contribution >= 0.6 is 0 Å². The average Bonchev–Trinajstić information content (AvgIpc) is 2.73. The second kappa shape index (κ2) is 4.78. The number of hydrogen-bond acceptors (Lipinski definition) is 3. The Hall–Kier alpha value is -2.17. The summed E-state index contributed by atoms with van der Waals surface area (Å²) in [6.07, 6.45) is 3.82. The van der Waals surface area contributed by atoms with E-state index in [9.17, 15) is 9.18 Å². The van der Waals surface area contributed by atoms with Gasteiger partial charge in [-0.2, -0.15) is 0 Å². The summed E-state index contributed by atoms with van der Waals surface area (Å²) < 4.78 is 20.5. The second-order valence-corrected chi connectivity index (χ2v) is 3.56. The summed E-state index contributed by atoms with van der Waals surface area (Å²) in [7, 11) is 1.81. The molecular formula is C12H11FN2O2. The SMILES string of the molecule is Cn1cncc1COc1c(F)cccc1C=O. The summed E-state index contributed by atoms with van der Waals surface area (Å²) in [6, 6.07) is 4.23. The molecule has 0 aliphatic heterocycles. The highest BCUT2D eigenvalue weighted by Gasteiger charge is 2.10. The molecule has 88 valence electrons. The fourth-order valence-corrected chi connectivity index (χ4v) is 1.44. The molecule has 0 unspecified atom stereocenters. The largest absolute Gasteiger partial charge is 0.483 e. The van der Waals surface area contributed by atoms with E-state index in [0.29, 0.717) is 6.29 Å². The van der Waals surface area contributed by atoms with E-state index in [4.69, 9.17) is 4.74 Å². The van der Waals surface area contributed by atoms with Crippen molar-refractivity contribution in [2.75, 3.05) is 0 Å². The molecule has 0 bridgehead atoms. The minimum absolute atomic E-state index is 0.0244. The van der Waals surface area contributed by atoms with E-state index in [2.05, 4.69) is 4.98 Å². The first-order chi connectivity index (χ1) is 8.22. The molecule has 4 nitrogen and oxygen atoms in total. The minimum Gasteiger partial charge on any atom is -0.483 e. The quantitative estimate of drug-likeness (QED) is 0.759. The number of aldehydes is 1. The number of aryl methyl sites for hydroxylation is 1. The van der Waals surface area contributed by atoms with Gasteiger partial charge in [-0.15, -0.1) is 0 Å². The Morgan fingerprint density at radius 3 is 3.00 bits per heavy atom. The molecule has 0 aliphatic rings. The molecule has 0 saturated heterocycles. The van der Waals surface area contributed by atoms with Crippen molar-refractivity contribution in [3.8, 4) is 5.75 Å². The highest BCUT2D eigenvalue weighted by atomic mass is 19.1. The predicted octanol–water partition coefficient (Wildman–Crippen LogP) is 1.95. The number of rotatable bonds is 4. The molecule has 2 rings (SSSR count). The molecule has 1 aromatic heterocycles. The van der Waals surface area contributed by atoms with Crippen LogP contribution in [0.3, 0.4) is 0 Å². The average molecular weight is 234 g/mol. The van der Waals surface area contributed by atoms with Gasteiger partial charge in [0.15, 0.2) is 17.9 Å². The van der Waals surface area contributed by atoms with Gasteiger partial charge in [-0.05, 0) is 12.1 Å². The maximum atomic E-state index is 13.5. The van der Waals surface area contributed by atoms with E-state index in [1.54, 1.807) is 17.1 Å². The summed E-state index contributed by atoms with van der Waals surface area (Å²) >= 11 is 0. The summed E-state index contributed by atoms with van der Waals surface area (Å²) in [5, 5.41) is 0. The molecule has 17 heavy (non-hydrogen) atoms. The van der Waals surface area contributed by atoms with E-state index in [1.165, 1.54) is 18.2 Å². The number of imidazole rings is 1. The van der Waals surface area contributed by atoms with Gasteiger partial charge < -0.3 is 9.30 Å². The number of benzene rings is 1. The lowest BCUT2D eigenvalue weighted by molar-refractivity contribution is 0.111. The molecule has 0 saturated carbocycles. The van der Waals surface area contributed by atoms with E-state index in [-0.39, 0.29) is 17.9 Å². The van der Waals surface area contributed by atoms with Crippen LogP contribution in [0.5, 0.6) is 5.75 Å². The third-order valence-corrected chi connectivity index (χ3v) is 2.41. The van der Waals surface area contributed by atoms with Crippen molar-refractivity contribution in [3.05, 3.63) is 47.8 Å². The van der Waals surface area contributed by atoms with Crippen LogP contribution in [-0.4, -0.2) is 15.8 Å². The molecule has 0 aliphatic carbocycles. The molecule has 0 fully saturated rings. The standard InChI is InChI=1S/C12H11FN2O2/c1-15-8-14-5-10(15)7-17-12-9(6-16)3-2-4-11(12)13/h2-6,8H,7H2,1H3. The van der Waals surface area contributed by atoms with Gasteiger partial charge in [-0.1, -0.05) is 6.07 Å². The molecule has 5 heteroatoms. The normalized spacial score (nSPS) is 10.2. The lowest BCUT2D eigenvalue weighted by atomic mass is 10.2. The first kappa shape index (κ1) is 11.3. The van der Waals surface area contributed by atoms with Gasteiger partial charge in [-0.3, -0.25) is 4.79 Å². The fourth-order valence-electron chi connectivity index (χ4n) is 1.44. The van der Waals surface area contributed by atoms with E-state index in [0.717, 1.165) is 5.69 Å². The van der Waals surface area contributed by atoms with E-state index in [1.807, 2.05) is 7.05 Å². The molecule has 0 spiro atoms. The highest BCUT2D eigenvalue weighted by molar-refractivity contribution is 5.79. The van der Waals surface area contributed by atoms with Crippen LogP contribution < -0.4 is 4.74 Å². The maximum Gasteiger partial charge on any atom is 0.166 e. The summed E-state index contributed by atoms with van der Waals surface area (Å²) in [5.41, 5.74) is 0.997. The van der Waals surface area contributed by atoms with Gasteiger partial charge in [0.05, 0.1) is 23.8 Å². The Kier molecular flexibility index (Phi) is 3.18. The van der Waals surface area contributed by atoms with E-state index < -0.39 is 5.82 Å². The van der Waals surface area contributed by atoms with Gasteiger partial charge in [-0.25, -0.2) is 9.37 Å². The molecule has 0 atom stereocenters. The zero-order valence-electron chi connectivity index (χ0n) is 9.26. The molecule has 2 aromatic rings. The fraction of sp³-hybridized carbons (Fsp3) is 0.167. The molecule has 1 heterocycles. The Morgan fingerprint density at radius 2 is 2.35 bits per heavy atom. The van der Waals surface area contributed by atoms with Crippen LogP contribution in [0.2, 0.25) is 0 Å². The predicted molar refractivity (Wildman–Crippen MR) is 59.3 cm³/mol. The van der Waals surface area contributed by atoms with Crippen molar-refractivity contribution in [1.29, 1.82) is 0 Å². The topological polar surface area (TPSA) is 44.1 Å². The number of aromatic nitrogens is 2. The monoisotopic (exact) mass is 234 g/mol. The molecular weight excluding hydrogens is 223 g/mol. The van der Waals surface area contributed by atoms with Crippen LogP contribution in [0, 0.1) is 5.82 Å². The first-order valence-electron chi connectivity index (χ1n) is 5.04. The van der Waals surface area contributed by atoms with Crippen LogP contribution in [0.15, 0.2) is 30.7 Å². The van der Waals surface area contributed by atoms with Crippen molar-refractivity contribution < 1.29 is 13.9 Å². The molecule has 0 amide bonds. The maximum absolute atomic E-state index is 13.5. The van der Waals surface area contributed by atoms with Gasteiger partial charge in [0.25, 0.3) is 0 Å². The smallest absolute Gasteiger partial charge is 0.166 e. The van der Waals surface area contributed by atoms with Crippen molar-refractivity contribution >= 4 is 6.29 Å². The first-order valence-corrected chi connectivity index (χ1v) is 5.04. The third-order valence-electron chi connectivity index (χ3n) is 2.41. The van der Waals surface area contributed by atoms with Crippen LogP contribution in [-0.2, 0) is 13.7 Å². The Morgan fingerprint density at radius 1 is 1.53 bits per heavy atom. The Labute approximate surface area is 97.7 Å². The zero-order valence-corrected chi connectivity index (χ0v) is 9.26. The second-order valence-electron chi connectivity index (χ2n) is 3.56. The van der Waals surface area contributed by atoms with Crippen LogP contribution in [0.4, 0.5) is 4.39 Å². The highest BCUT2D eigenvalue weighted by Crippen LogP contribution is 2.22. The number of carbonyl (C=O) groups excluding carboxylic acids is 1.